The van der Waals surface area contributed by atoms with Crippen molar-refractivity contribution in [1.29, 1.82) is 0 Å². The van der Waals surface area contributed by atoms with E-state index in [2.05, 4.69) is 49.9 Å². The van der Waals surface area contributed by atoms with E-state index in [1.54, 1.807) is 5.19 Å². The average Bonchev–Trinajstić information content (AvgIpc) is 3.07. The Bertz CT molecular complexity index is 842. The molecule has 174 valence electrons. The predicted molar refractivity (Wildman–Crippen MR) is 143 cm³/mol. The van der Waals surface area contributed by atoms with Gasteiger partial charge in [-0.25, -0.2) is 0 Å². The number of benzene rings is 2. The highest BCUT2D eigenvalue weighted by Crippen LogP contribution is 2.31. The van der Waals surface area contributed by atoms with Crippen LogP contribution < -0.4 is 10.4 Å². The van der Waals surface area contributed by atoms with E-state index in [0.29, 0.717) is 0 Å². The molecule has 1 unspecified atom stereocenters. The van der Waals surface area contributed by atoms with Gasteiger partial charge in [-0.2, -0.15) is 0 Å². The molecule has 1 heterocycles. The van der Waals surface area contributed by atoms with Crippen molar-refractivity contribution in [2.24, 2.45) is 0 Å². The first-order valence-electron chi connectivity index (χ1n) is 13.4. The van der Waals surface area contributed by atoms with Gasteiger partial charge >= 0.3 is 0 Å². The molecule has 2 aromatic carbocycles. The van der Waals surface area contributed by atoms with Gasteiger partial charge in [-0.15, -0.1) is 0 Å². The third-order valence-electron chi connectivity index (χ3n) is 7.62. The first-order chi connectivity index (χ1) is 15.7. The number of hydrogen-bond donors (Lipinski definition) is 0. The second-order valence-corrected chi connectivity index (χ2v) is 14.4. The van der Waals surface area contributed by atoms with Crippen molar-refractivity contribution in [3.8, 4) is 11.1 Å². The van der Waals surface area contributed by atoms with Gasteiger partial charge < -0.3 is 0 Å². The molecule has 0 amide bonds. The van der Waals surface area contributed by atoms with Gasteiger partial charge in [0.25, 0.3) is 0 Å². The van der Waals surface area contributed by atoms with Gasteiger partial charge in [0.15, 0.2) is 0 Å². The van der Waals surface area contributed by atoms with Crippen LogP contribution in [-0.2, 0) is 0 Å². The molecule has 1 nitrogen and oxygen atoms in total. The molecule has 2 aromatic rings. The van der Waals surface area contributed by atoms with E-state index in [4.69, 9.17) is 0 Å². The highest BCUT2D eigenvalue weighted by molar-refractivity contribution is 7.04. The van der Waals surface area contributed by atoms with Gasteiger partial charge in [0.2, 0.25) is 0 Å². The van der Waals surface area contributed by atoms with Crippen LogP contribution >= 0.6 is 0 Å². The Morgan fingerprint density at radius 2 is 1.19 bits per heavy atom. The maximum Gasteiger partial charge on any atom is 0.150 e. The van der Waals surface area contributed by atoms with Crippen molar-refractivity contribution in [3.63, 3.8) is 0 Å². The minimum atomic E-state index is -1.74. The predicted octanol–water partition coefficient (Wildman–Crippen LogP) is 8.15. The fraction of sp³-hybridized carbons (Fsp3) is 0.567. The third kappa shape index (κ3) is 6.44. The highest BCUT2D eigenvalue weighted by atomic mass is 28.3. The molecule has 3 rings (SSSR count). The first-order valence-corrected chi connectivity index (χ1v) is 16.1. The van der Waals surface area contributed by atoms with Crippen molar-refractivity contribution >= 4 is 24.7 Å². The molecule has 0 aromatic heterocycles. The van der Waals surface area contributed by atoms with E-state index >= 15 is 0 Å². The molecule has 2 heteroatoms. The normalized spacial score (nSPS) is 16.7. The number of unbranched alkanes of at least 4 members (excludes halogenated alkanes) is 13. The highest BCUT2D eigenvalue weighted by Gasteiger charge is 2.40. The summed E-state index contributed by atoms with van der Waals surface area (Å²) in [6.07, 6.45) is 20.7. The summed E-state index contributed by atoms with van der Waals surface area (Å²) in [5.74, 6) is 0. The summed E-state index contributed by atoms with van der Waals surface area (Å²) >= 11 is 0. The lowest BCUT2D eigenvalue weighted by Gasteiger charge is -2.25. The molecule has 0 bridgehead atoms. The Morgan fingerprint density at radius 1 is 0.656 bits per heavy atom. The molecular weight excluding hydrogens is 404 g/mol. The third-order valence-corrected chi connectivity index (χ3v) is 12.2. The van der Waals surface area contributed by atoms with Crippen LogP contribution in [0.4, 0.5) is 0 Å². The second-order valence-electron chi connectivity index (χ2n) is 10.1. The molecular formula is C30H44OSi. The average molecular weight is 449 g/mol. The Balaban J connectivity index is 1.36. The standard InChI is InChI=1S/C30H44OSi/c1-3-4-5-6-7-8-9-10-11-12-13-14-15-18-23-32(2)29-20-17-16-19-27(29)28-22-21-26(25-31)24-30(28)32/h16-17,19-22,24-25H,3-15,18,23H2,1-2H3. The minimum absolute atomic E-state index is 0.830. The Kier molecular flexibility index (Phi) is 10.2. The zero-order valence-corrected chi connectivity index (χ0v) is 21.6. The number of carbonyl (C=O) groups is 1. The number of fused-ring (bicyclic) bond motifs is 3. The van der Waals surface area contributed by atoms with Crippen LogP contribution in [0.2, 0.25) is 12.6 Å². The molecule has 1 atom stereocenters. The van der Waals surface area contributed by atoms with E-state index in [0.717, 1.165) is 11.8 Å². The van der Waals surface area contributed by atoms with E-state index in [-0.39, 0.29) is 0 Å². The molecule has 0 fully saturated rings. The number of carbonyl (C=O) groups excluding carboxylic acids is 1. The summed E-state index contributed by atoms with van der Waals surface area (Å²) in [6.45, 7) is 4.81. The fourth-order valence-electron chi connectivity index (χ4n) is 5.61. The summed E-state index contributed by atoms with van der Waals surface area (Å²) < 4.78 is 0. The van der Waals surface area contributed by atoms with Crippen molar-refractivity contribution < 1.29 is 4.79 Å². The quantitative estimate of drug-likeness (QED) is 0.144. The van der Waals surface area contributed by atoms with Gasteiger partial charge in [-0.3, -0.25) is 4.79 Å². The molecule has 1 aliphatic heterocycles. The van der Waals surface area contributed by atoms with Gasteiger partial charge in [0.1, 0.15) is 14.4 Å². The van der Waals surface area contributed by atoms with E-state index < -0.39 is 8.07 Å². The summed E-state index contributed by atoms with van der Waals surface area (Å²) in [5, 5.41) is 3.06. The maximum atomic E-state index is 11.4. The van der Waals surface area contributed by atoms with Crippen molar-refractivity contribution in [2.75, 3.05) is 0 Å². The van der Waals surface area contributed by atoms with Crippen LogP contribution in [-0.4, -0.2) is 14.4 Å². The first kappa shape index (κ1) is 25.0. The fourth-order valence-corrected chi connectivity index (χ4v) is 9.97. The van der Waals surface area contributed by atoms with Crippen LogP contribution in [0.1, 0.15) is 107 Å². The van der Waals surface area contributed by atoms with Crippen LogP contribution in [0.25, 0.3) is 11.1 Å². The van der Waals surface area contributed by atoms with Gasteiger partial charge in [0.05, 0.1) is 0 Å². The summed E-state index contributed by atoms with van der Waals surface area (Å²) in [6, 6.07) is 16.6. The molecule has 32 heavy (non-hydrogen) atoms. The molecule has 0 saturated heterocycles. The van der Waals surface area contributed by atoms with Gasteiger partial charge in [0, 0.05) is 5.56 Å². The smallest absolute Gasteiger partial charge is 0.150 e. The number of rotatable bonds is 16. The summed E-state index contributed by atoms with van der Waals surface area (Å²) in [7, 11) is -1.74. The monoisotopic (exact) mass is 448 g/mol. The molecule has 0 radical (unpaired) electrons. The lowest BCUT2D eigenvalue weighted by Crippen LogP contribution is -2.52. The zero-order valence-electron chi connectivity index (χ0n) is 20.6. The summed E-state index contributed by atoms with van der Waals surface area (Å²) in [4.78, 5) is 11.4. The Hall–Kier alpha value is -1.67. The Labute approximate surface area is 198 Å². The lowest BCUT2D eigenvalue weighted by molar-refractivity contribution is 0.112. The molecule has 0 N–H and O–H groups in total. The largest absolute Gasteiger partial charge is 0.298 e. The van der Waals surface area contributed by atoms with E-state index in [1.165, 1.54) is 112 Å². The topological polar surface area (TPSA) is 17.1 Å². The lowest BCUT2D eigenvalue weighted by atomic mass is 10.0. The SMILES string of the molecule is CCCCCCCCCCCCCCCC[Si]1(C)c2ccccc2-c2ccc(C=O)cc21. The van der Waals surface area contributed by atoms with Gasteiger partial charge in [-0.05, 0) is 27.5 Å². The number of hydrogen-bond acceptors (Lipinski definition) is 1. The van der Waals surface area contributed by atoms with E-state index in [1.807, 2.05) is 6.07 Å². The van der Waals surface area contributed by atoms with Crippen LogP contribution in [0.5, 0.6) is 0 Å². The van der Waals surface area contributed by atoms with Gasteiger partial charge in [-0.1, -0.05) is 146 Å². The molecule has 0 saturated carbocycles. The van der Waals surface area contributed by atoms with Crippen LogP contribution in [0.15, 0.2) is 42.5 Å². The summed E-state index contributed by atoms with van der Waals surface area (Å²) in [5.41, 5.74) is 3.63. The molecule has 0 spiro atoms. The second kappa shape index (κ2) is 13.1. The van der Waals surface area contributed by atoms with Crippen molar-refractivity contribution in [2.45, 2.75) is 109 Å². The minimum Gasteiger partial charge on any atom is -0.298 e. The zero-order chi connectivity index (χ0) is 22.7. The molecule has 1 aliphatic rings. The Morgan fingerprint density at radius 3 is 1.78 bits per heavy atom. The van der Waals surface area contributed by atoms with Crippen LogP contribution in [0.3, 0.4) is 0 Å². The van der Waals surface area contributed by atoms with Crippen molar-refractivity contribution in [3.05, 3.63) is 48.0 Å². The number of aldehydes is 1. The van der Waals surface area contributed by atoms with Crippen LogP contribution in [0, 0.1) is 0 Å². The van der Waals surface area contributed by atoms with Crippen molar-refractivity contribution in [1.82, 2.24) is 0 Å². The maximum absolute atomic E-state index is 11.4. The van der Waals surface area contributed by atoms with E-state index in [9.17, 15) is 4.79 Å². The molecule has 0 aliphatic carbocycles.